The van der Waals surface area contributed by atoms with E-state index >= 15 is 0 Å². The van der Waals surface area contributed by atoms with Gasteiger partial charge in [0.05, 0.1) is 13.7 Å². The van der Waals surface area contributed by atoms with Crippen LogP contribution < -0.4 is 4.74 Å². The number of nitrogens with one attached hydrogen (secondary N) is 1. The Kier molecular flexibility index (Phi) is 4.12. The Morgan fingerprint density at radius 3 is 2.47 bits per heavy atom. The highest BCUT2D eigenvalue weighted by molar-refractivity contribution is 5.79. The summed E-state index contributed by atoms with van der Waals surface area (Å²) in [5.41, 5.74) is 0.620. The molecule has 0 aliphatic rings. The minimum absolute atomic E-state index is 0.136. The van der Waals surface area contributed by atoms with Crippen molar-refractivity contribution in [2.24, 2.45) is 0 Å². The molecule has 1 rings (SSSR count). The molecule has 0 saturated carbocycles. The van der Waals surface area contributed by atoms with Gasteiger partial charge in [0.1, 0.15) is 5.75 Å². The smallest absolute Gasteiger partial charge is 0.214 e. The molecule has 1 atom stereocenters. The highest BCUT2D eigenvalue weighted by Crippen LogP contribution is 2.18. The van der Waals surface area contributed by atoms with Crippen molar-refractivity contribution in [3.8, 4) is 5.75 Å². The van der Waals surface area contributed by atoms with Crippen LogP contribution in [-0.2, 0) is 4.74 Å². The van der Waals surface area contributed by atoms with Crippen molar-refractivity contribution in [2.45, 2.75) is 13.0 Å². The molecule has 82 valence electrons. The highest BCUT2D eigenvalue weighted by atomic mass is 16.5. The van der Waals surface area contributed by atoms with E-state index in [1.807, 2.05) is 0 Å². The van der Waals surface area contributed by atoms with Crippen LogP contribution in [0.2, 0.25) is 0 Å². The Bertz CT molecular complexity index is 321. The first-order valence-corrected chi connectivity index (χ1v) is 4.72. The van der Waals surface area contributed by atoms with Crippen molar-refractivity contribution in [1.82, 2.24) is 0 Å². The maximum Gasteiger partial charge on any atom is 0.214 e. The van der Waals surface area contributed by atoms with Gasteiger partial charge in [-0.3, -0.25) is 5.41 Å². The van der Waals surface area contributed by atoms with Crippen LogP contribution in [0.25, 0.3) is 0 Å². The quantitative estimate of drug-likeness (QED) is 0.586. The molecule has 0 bridgehead atoms. The maximum absolute atomic E-state index is 9.69. The molecular weight excluding hydrogens is 194 g/mol. The van der Waals surface area contributed by atoms with Crippen LogP contribution in [0, 0.1) is 5.41 Å². The fourth-order valence-corrected chi connectivity index (χ4v) is 1.17. The maximum atomic E-state index is 9.69. The summed E-state index contributed by atoms with van der Waals surface area (Å²) in [6, 6.07) is 6.88. The summed E-state index contributed by atoms with van der Waals surface area (Å²) in [5, 5.41) is 17.1. The van der Waals surface area contributed by atoms with Gasteiger partial charge in [-0.05, 0) is 24.6 Å². The van der Waals surface area contributed by atoms with Crippen LogP contribution in [0.15, 0.2) is 24.3 Å². The molecule has 0 aliphatic heterocycles. The van der Waals surface area contributed by atoms with Crippen LogP contribution in [0.1, 0.15) is 18.6 Å². The van der Waals surface area contributed by atoms with Crippen molar-refractivity contribution < 1.29 is 14.6 Å². The van der Waals surface area contributed by atoms with Gasteiger partial charge in [0, 0.05) is 0 Å². The average Bonchev–Trinajstić information content (AvgIpc) is 2.28. The van der Waals surface area contributed by atoms with Gasteiger partial charge in [0.2, 0.25) is 5.90 Å². The lowest BCUT2D eigenvalue weighted by atomic mass is 10.1. The minimum Gasteiger partial charge on any atom is -0.497 e. The molecule has 1 aromatic carbocycles. The number of methoxy groups -OCH3 is 1. The summed E-state index contributed by atoms with van der Waals surface area (Å²) < 4.78 is 9.91. The largest absolute Gasteiger partial charge is 0.497 e. The average molecular weight is 209 g/mol. The van der Waals surface area contributed by atoms with Crippen molar-refractivity contribution >= 4 is 5.90 Å². The Morgan fingerprint density at radius 2 is 2.00 bits per heavy atom. The van der Waals surface area contributed by atoms with Gasteiger partial charge in [-0.2, -0.15) is 0 Å². The normalized spacial score (nSPS) is 11.9. The molecule has 0 aliphatic carbocycles. The number of aliphatic hydroxyl groups excluding tert-OH is 1. The molecule has 0 heterocycles. The second-order valence-electron chi connectivity index (χ2n) is 2.97. The lowest BCUT2D eigenvalue weighted by molar-refractivity contribution is 0.190. The molecule has 1 aromatic rings. The molecule has 4 nitrogen and oxygen atoms in total. The van der Waals surface area contributed by atoms with Crippen LogP contribution in [-0.4, -0.2) is 24.7 Å². The van der Waals surface area contributed by atoms with Crippen LogP contribution in [0.4, 0.5) is 0 Å². The van der Waals surface area contributed by atoms with Crippen LogP contribution in [0.3, 0.4) is 0 Å². The van der Waals surface area contributed by atoms with E-state index in [4.69, 9.17) is 14.9 Å². The Morgan fingerprint density at radius 1 is 1.40 bits per heavy atom. The molecule has 0 fully saturated rings. The van der Waals surface area contributed by atoms with Gasteiger partial charge in [-0.25, -0.2) is 0 Å². The summed E-state index contributed by atoms with van der Waals surface area (Å²) >= 11 is 0. The molecule has 0 radical (unpaired) electrons. The van der Waals surface area contributed by atoms with Crippen molar-refractivity contribution in [1.29, 1.82) is 5.41 Å². The van der Waals surface area contributed by atoms with E-state index in [2.05, 4.69) is 0 Å². The summed E-state index contributed by atoms with van der Waals surface area (Å²) in [6.45, 7) is 2.15. The van der Waals surface area contributed by atoms with E-state index in [-0.39, 0.29) is 5.90 Å². The first kappa shape index (κ1) is 11.5. The van der Waals surface area contributed by atoms with Gasteiger partial charge >= 0.3 is 0 Å². The van der Waals surface area contributed by atoms with E-state index in [9.17, 15) is 5.11 Å². The first-order chi connectivity index (χ1) is 7.19. The third kappa shape index (κ3) is 2.95. The Labute approximate surface area is 89.0 Å². The molecule has 0 spiro atoms. The standard InChI is InChI=1S/C11H15NO3/c1-3-15-11(12)10(13)8-4-6-9(14-2)7-5-8/h4-7,10,12-13H,3H2,1-2H3. The second-order valence-corrected chi connectivity index (χ2v) is 2.97. The zero-order valence-electron chi connectivity index (χ0n) is 8.86. The van der Waals surface area contributed by atoms with Gasteiger partial charge < -0.3 is 14.6 Å². The molecule has 0 amide bonds. The third-order valence-corrected chi connectivity index (χ3v) is 1.98. The summed E-state index contributed by atoms with van der Waals surface area (Å²) in [6.07, 6.45) is -1.00. The van der Waals surface area contributed by atoms with Crippen molar-refractivity contribution in [3.63, 3.8) is 0 Å². The van der Waals surface area contributed by atoms with E-state index in [1.165, 1.54) is 0 Å². The fourth-order valence-electron chi connectivity index (χ4n) is 1.17. The highest BCUT2D eigenvalue weighted by Gasteiger charge is 2.14. The first-order valence-electron chi connectivity index (χ1n) is 4.72. The van der Waals surface area contributed by atoms with Gasteiger partial charge in [0.25, 0.3) is 0 Å². The summed E-state index contributed by atoms with van der Waals surface area (Å²) in [4.78, 5) is 0. The monoisotopic (exact) mass is 209 g/mol. The van der Waals surface area contributed by atoms with E-state index in [0.29, 0.717) is 17.9 Å². The zero-order valence-corrected chi connectivity index (χ0v) is 8.86. The molecule has 0 aromatic heterocycles. The SMILES string of the molecule is CCOC(=N)C(O)c1ccc(OC)cc1. The van der Waals surface area contributed by atoms with Crippen LogP contribution >= 0.6 is 0 Å². The summed E-state index contributed by atoms with van der Waals surface area (Å²) in [5.74, 6) is 0.580. The number of ether oxygens (including phenoxy) is 2. The molecule has 2 N–H and O–H groups in total. The summed E-state index contributed by atoms with van der Waals surface area (Å²) in [7, 11) is 1.58. The minimum atomic E-state index is -1.00. The number of aliphatic hydroxyl groups is 1. The lowest BCUT2D eigenvalue weighted by Gasteiger charge is -2.12. The van der Waals surface area contributed by atoms with E-state index < -0.39 is 6.10 Å². The topological polar surface area (TPSA) is 62.5 Å². The Hall–Kier alpha value is -1.55. The molecule has 4 heteroatoms. The lowest BCUT2D eigenvalue weighted by Crippen LogP contribution is -2.14. The van der Waals surface area contributed by atoms with E-state index in [0.717, 1.165) is 0 Å². The van der Waals surface area contributed by atoms with Crippen molar-refractivity contribution in [2.75, 3.05) is 13.7 Å². The fraction of sp³-hybridized carbons (Fsp3) is 0.364. The predicted octanol–water partition coefficient (Wildman–Crippen LogP) is 1.74. The molecule has 1 unspecified atom stereocenters. The molecule has 0 saturated heterocycles. The van der Waals surface area contributed by atoms with Gasteiger partial charge in [0.15, 0.2) is 6.10 Å². The number of benzene rings is 1. The Balaban J connectivity index is 2.73. The molecular formula is C11H15NO3. The van der Waals surface area contributed by atoms with Crippen LogP contribution in [0.5, 0.6) is 5.75 Å². The third-order valence-electron chi connectivity index (χ3n) is 1.98. The number of rotatable bonds is 4. The van der Waals surface area contributed by atoms with Gasteiger partial charge in [-0.1, -0.05) is 12.1 Å². The predicted molar refractivity (Wildman–Crippen MR) is 57.3 cm³/mol. The zero-order chi connectivity index (χ0) is 11.3. The van der Waals surface area contributed by atoms with E-state index in [1.54, 1.807) is 38.3 Å². The van der Waals surface area contributed by atoms with Gasteiger partial charge in [-0.15, -0.1) is 0 Å². The second kappa shape index (κ2) is 5.36. The molecule has 15 heavy (non-hydrogen) atoms. The van der Waals surface area contributed by atoms with Crippen molar-refractivity contribution in [3.05, 3.63) is 29.8 Å². The number of hydrogen-bond donors (Lipinski definition) is 2. The number of hydrogen-bond acceptors (Lipinski definition) is 4.